The van der Waals surface area contributed by atoms with Crippen molar-refractivity contribution in [3.8, 4) is 0 Å². The molecule has 31 heavy (non-hydrogen) atoms. The lowest BCUT2D eigenvalue weighted by Crippen LogP contribution is -2.26. The fraction of sp³-hybridized carbons (Fsp3) is 0.786. The molecule has 0 aromatic heterocycles. The summed E-state index contributed by atoms with van der Waals surface area (Å²) in [5.74, 6) is 2.22. The molecule has 0 bridgehead atoms. The van der Waals surface area contributed by atoms with Crippen molar-refractivity contribution in [2.24, 2.45) is 17.8 Å². The average molecular weight is 433 g/mol. The van der Waals surface area contributed by atoms with Gasteiger partial charge in [-0.25, -0.2) is 0 Å². The minimum absolute atomic E-state index is 0.0417. The number of allylic oxidation sites excluding steroid dienone is 4. The summed E-state index contributed by atoms with van der Waals surface area (Å²) < 4.78 is 0. The number of ketones is 2. The summed E-state index contributed by atoms with van der Waals surface area (Å²) in [5, 5.41) is 10.8. The van der Waals surface area contributed by atoms with E-state index in [1.807, 2.05) is 6.92 Å². The Bertz CT molecular complexity index is 651. The molecule has 0 amide bonds. The Hall–Kier alpha value is -1.22. The van der Waals surface area contributed by atoms with Gasteiger partial charge in [0.05, 0.1) is 5.60 Å². The van der Waals surface area contributed by atoms with E-state index in [4.69, 9.17) is 0 Å². The highest BCUT2D eigenvalue weighted by Gasteiger charge is 2.26. The molecule has 0 saturated heterocycles. The molecule has 0 spiro atoms. The molecular weight excluding hydrogens is 384 g/mol. The molecule has 178 valence electrons. The Morgan fingerprint density at radius 3 is 1.87 bits per heavy atom. The smallest absolute Gasteiger partial charge is 0.185 e. The van der Waals surface area contributed by atoms with E-state index in [-0.39, 0.29) is 11.6 Å². The van der Waals surface area contributed by atoms with Crippen molar-refractivity contribution >= 4 is 11.6 Å². The van der Waals surface area contributed by atoms with Gasteiger partial charge in [0.25, 0.3) is 0 Å². The molecule has 0 fully saturated rings. The Morgan fingerprint density at radius 1 is 0.806 bits per heavy atom. The molecule has 0 aromatic rings. The van der Waals surface area contributed by atoms with Gasteiger partial charge in [0.2, 0.25) is 0 Å². The third-order valence-electron chi connectivity index (χ3n) is 7.09. The van der Waals surface area contributed by atoms with Crippen molar-refractivity contribution in [3.05, 3.63) is 22.8 Å². The topological polar surface area (TPSA) is 54.4 Å². The highest BCUT2D eigenvalue weighted by atomic mass is 16.3. The second-order valence-electron chi connectivity index (χ2n) is 11.0. The van der Waals surface area contributed by atoms with Crippen LogP contribution < -0.4 is 0 Å². The van der Waals surface area contributed by atoms with Crippen LogP contribution in [0.25, 0.3) is 0 Å². The Balaban J connectivity index is 2.25. The summed E-state index contributed by atoms with van der Waals surface area (Å²) in [6.07, 6.45) is 13.3. The van der Waals surface area contributed by atoms with Crippen LogP contribution in [0, 0.1) is 17.8 Å². The number of carbonyl (C=O) groups is 2. The lowest BCUT2D eigenvalue weighted by atomic mass is 9.84. The largest absolute Gasteiger partial charge is 0.390 e. The highest BCUT2D eigenvalue weighted by molar-refractivity contribution is 6.22. The zero-order valence-electron chi connectivity index (χ0n) is 21.4. The first-order valence-electron chi connectivity index (χ1n) is 12.6. The van der Waals surface area contributed by atoms with Crippen LogP contribution in [0.5, 0.6) is 0 Å². The number of aliphatic hydroxyl groups is 1. The van der Waals surface area contributed by atoms with Crippen LogP contribution in [-0.4, -0.2) is 22.3 Å². The number of carbonyl (C=O) groups excluding carboxylic acids is 2. The molecule has 0 heterocycles. The molecule has 0 saturated carbocycles. The van der Waals surface area contributed by atoms with Crippen LogP contribution >= 0.6 is 0 Å². The summed E-state index contributed by atoms with van der Waals surface area (Å²) in [6, 6.07) is 0. The second-order valence-corrected chi connectivity index (χ2v) is 11.0. The molecule has 0 radical (unpaired) electrons. The summed E-state index contributed by atoms with van der Waals surface area (Å²) >= 11 is 0. The Kier molecular flexibility index (Phi) is 12.0. The van der Waals surface area contributed by atoms with Gasteiger partial charge in [0.15, 0.2) is 11.6 Å². The molecule has 3 heteroatoms. The molecular formula is C28H48O3. The number of Topliss-reactive ketones (excluding diaryl/α,β-unsaturated/α-hetero) is 1. The van der Waals surface area contributed by atoms with Crippen molar-refractivity contribution in [3.63, 3.8) is 0 Å². The SMILES string of the molecule is CC1=C(C)C(=O)C(CC[C@@](C)(O)CCC[C@@H](C)CCC[C@@H](C)CCCC(C)C)=CC1=O. The second kappa shape index (κ2) is 13.4. The molecule has 3 nitrogen and oxygen atoms in total. The standard InChI is InChI=1S/C28H48O3/c1-20(2)11-8-12-21(3)13-9-14-22(4)15-10-17-28(7,31)18-16-25-19-26(29)23(5)24(6)27(25)30/h19-22,31H,8-18H2,1-7H3/t21-,22-,28-/m0/s1. The van der Waals surface area contributed by atoms with Gasteiger partial charge in [0.1, 0.15) is 0 Å². The van der Waals surface area contributed by atoms with Gasteiger partial charge >= 0.3 is 0 Å². The maximum absolute atomic E-state index is 12.4. The predicted molar refractivity (Wildman–Crippen MR) is 131 cm³/mol. The molecule has 0 aromatic carbocycles. The van der Waals surface area contributed by atoms with E-state index < -0.39 is 5.60 Å². The lowest BCUT2D eigenvalue weighted by Gasteiger charge is -2.25. The van der Waals surface area contributed by atoms with Gasteiger partial charge in [-0.3, -0.25) is 9.59 Å². The van der Waals surface area contributed by atoms with Crippen molar-refractivity contribution in [2.75, 3.05) is 0 Å². The van der Waals surface area contributed by atoms with E-state index in [0.29, 0.717) is 35.5 Å². The van der Waals surface area contributed by atoms with Crippen molar-refractivity contribution in [1.29, 1.82) is 0 Å². The third kappa shape index (κ3) is 10.8. The third-order valence-corrected chi connectivity index (χ3v) is 7.09. The summed E-state index contributed by atoms with van der Waals surface area (Å²) in [7, 11) is 0. The van der Waals surface area contributed by atoms with E-state index in [1.54, 1.807) is 13.8 Å². The number of rotatable bonds is 15. The first-order valence-corrected chi connectivity index (χ1v) is 12.6. The van der Waals surface area contributed by atoms with Gasteiger partial charge in [-0.2, -0.15) is 0 Å². The predicted octanol–water partition coefficient (Wildman–Crippen LogP) is 7.37. The Labute approximate surface area is 191 Å². The summed E-state index contributed by atoms with van der Waals surface area (Å²) in [4.78, 5) is 24.4. The molecule has 1 N–H and O–H groups in total. The molecule has 1 aliphatic carbocycles. The molecule has 1 rings (SSSR count). The van der Waals surface area contributed by atoms with E-state index in [9.17, 15) is 14.7 Å². The monoisotopic (exact) mass is 432 g/mol. The van der Waals surface area contributed by atoms with Crippen LogP contribution in [0.15, 0.2) is 22.8 Å². The highest BCUT2D eigenvalue weighted by Crippen LogP contribution is 2.28. The zero-order valence-corrected chi connectivity index (χ0v) is 21.4. The molecule has 3 atom stereocenters. The summed E-state index contributed by atoms with van der Waals surface area (Å²) in [5.41, 5.74) is 0.841. The quantitative estimate of drug-likeness (QED) is 0.275. The lowest BCUT2D eigenvalue weighted by molar-refractivity contribution is -0.116. The minimum atomic E-state index is -0.793. The van der Waals surface area contributed by atoms with Crippen LogP contribution in [0.4, 0.5) is 0 Å². The minimum Gasteiger partial charge on any atom is -0.390 e. The van der Waals surface area contributed by atoms with E-state index in [0.717, 1.165) is 31.1 Å². The first-order chi connectivity index (χ1) is 14.4. The van der Waals surface area contributed by atoms with Gasteiger partial charge in [0, 0.05) is 16.7 Å². The van der Waals surface area contributed by atoms with Crippen molar-refractivity contribution in [2.45, 2.75) is 125 Å². The van der Waals surface area contributed by atoms with Gasteiger partial charge in [-0.15, -0.1) is 0 Å². The van der Waals surface area contributed by atoms with Crippen LogP contribution in [0.2, 0.25) is 0 Å². The van der Waals surface area contributed by atoms with Crippen LogP contribution in [-0.2, 0) is 9.59 Å². The van der Waals surface area contributed by atoms with Gasteiger partial charge in [-0.1, -0.05) is 79.1 Å². The van der Waals surface area contributed by atoms with Crippen LogP contribution in [0.3, 0.4) is 0 Å². The fourth-order valence-electron chi connectivity index (χ4n) is 4.45. The number of hydrogen-bond donors (Lipinski definition) is 1. The van der Waals surface area contributed by atoms with Crippen molar-refractivity contribution in [1.82, 2.24) is 0 Å². The summed E-state index contributed by atoms with van der Waals surface area (Å²) in [6.45, 7) is 14.6. The Morgan fingerprint density at radius 2 is 1.32 bits per heavy atom. The zero-order chi connectivity index (χ0) is 23.6. The maximum atomic E-state index is 12.4. The molecule has 0 aliphatic heterocycles. The maximum Gasteiger partial charge on any atom is 0.185 e. The number of hydrogen-bond acceptors (Lipinski definition) is 3. The van der Waals surface area contributed by atoms with E-state index >= 15 is 0 Å². The van der Waals surface area contributed by atoms with Gasteiger partial charge < -0.3 is 5.11 Å². The molecule has 0 unspecified atom stereocenters. The average Bonchev–Trinajstić information content (AvgIpc) is 2.67. The normalized spacial score (nSPS) is 18.9. The van der Waals surface area contributed by atoms with Crippen molar-refractivity contribution < 1.29 is 14.7 Å². The fourth-order valence-corrected chi connectivity index (χ4v) is 4.45. The van der Waals surface area contributed by atoms with E-state index in [2.05, 4.69) is 27.7 Å². The first kappa shape index (κ1) is 27.8. The molecule has 1 aliphatic rings. The van der Waals surface area contributed by atoms with E-state index in [1.165, 1.54) is 44.6 Å². The van der Waals surface area contributed by atoms with Crippen LogP contribution in [0.1, 0.15) is 119 Å². The van der Waals surface area contributed by atoms with Gasteiger partial charge in [-0.05, 0) is 63.9 Å².